The highest BCUT2D eigenvalue weighted by atomic mass is 32.1. The number of aryl methyl sites for hydroxylation is 1. The van der Waals surface area contributed by atoms with E-state index < -0.39 is 0 Å². The Bertz CT molecular complexity index is 662. The van der Waals surface area contributed by atoms with Gasteiger partial charge in [0.25, 0.3) is 5.91 Å². The zero-order valence-electron chi connectivity index (χ0n) is 12.9. The van der Waals surface area contributed by atoms with Gasteiger partial charge in [-0.15, -0.1) is 11.3 Å². The highest BCUT2D eigenvalue weighted by Gasteiger charge is 2.23. The van der Waals surface area contributed by atoms with E-state index in [0.29, 0.717) is 16.7 Å². The van der Waals surface area contributed by atoms with E-state index in [2.05, 4.69) is 22.2 Å². The third-order valence-corrected chi connectivity index (χ3v) is 4.68. The molecule has 0 bridgehead atoms. The fourth-order valence-electron chi connectivity index (χ4n) is 2.53. The minimum atomic E-state index is 0.0356. The third-order valence-electron chi connectivity index (χ3n) is 3.92. The molecular weight excluding hydrogens is 296 g/mol. The lowest BCUT2D eigenvalue weighted by molar-refractivity contribution is 0.0692. The van der Waals surface area contributed by atoms with Crippen LogP contribution < -0.4 is 5.32 Å². The van der Waals surface area contributed by atoms with Gasteiger partial charge in [0, 0.05) is 24.2 Å². The van der Waals surface area contributed by atoms with Gasteiger partial charge >= 0.3 is 0 Å². The van der Waals surface area contributed by atoms with Gasteiger partial charge < -0.3 is 10.2 Å². The lowest BCUT2D eigenvalue weighted by atomic mass is 9.99. The summed E-state index contributed by atoms with van der Waals surface area (Å²) < 4.78 is 0. The van der Waals surface area contributed by atoms with Gasteiger partial charge in [-0.3, -0.25) is 4.79 Å². The van der Waals surface area contributed by atoms with Crippen molar-refractivity contribution in [1.82, 2.24) is 14.9 Å². The fraction of sp³-hybridized carbons (Fsp3) is 0.438. The number of nitrogens with one attached hydrogen (secondary N) is 1. The summed E-state index contributed by atoms with van der Waals surface area (Å²) in [5.41, 5.74) is 1.47. The largest absolute Gasteiger partial charge is 0.337 e. The number of rotatable bonds is 3. The van der Waals surface area contributed by atoms with Crippen LogP contribution in [0.5, 0.6) is 0 Å². The molecule has 1 fully saturated rings. The van der Waals surface area contributed by atoms with E-state index in [0.717, 1.165) is 37.4 Å². The molecule has 1 aliphatic heterocycles. The average molecular weight is 316 g/mol. The van der Waals surface area contributed by atoms with Crippen molar-refractivity contribution in [2.45, 2.75) is 26.7 Å². The van der Waals surface area contributed by atoms with E-state index in [4.69, 9.17) is 0 Å². The van der Waals surface area contributed by atoms with Crippen molar-refractivity contribution in [3.8, 4) is 0 Å². The Labute approximate surface area is 134 Å². The van der Waals surface area contributed by atoms with Crippen LogP contribution in [0.3, 0.4) is 0 Å². The van der Waals surface area contributed by atoms with Gasteiger partial charge in [0.05, 0.1) is 0 Å². The van der Waals surface area contributed by atoms with Crippen LogP contribution in [0.25, 0.3) is 0 Å². The maximum absolute atomic E-state index is 12.5. The van der Waals surface area contributed by atoms with Crippen molar-refractivity contribution >= 4 is 28.2 Å². The van der Waals surface area contributed by atoms with Crippen molar-refractivity contribution < 1.29 is 4.79 Å². The number of hydrogen-bond acceptors (Lipinski definition) is 5. The molecule has 1 N–H and O–H groups in total. The standard InChI is InChI=1S/C16H20N4OS/c1-11-6-8-20(9-7-11)15(21)13-10-22-16(18-13)19-14-5-3-4-12(2)17-14/h3-5,10-11H,6-9H2,1-2H3,(H,17,18,19). The summed E-state index contributed by atoms with van der Waals surface area (Å²) >= 11 is 1.43. The molecule has 0 unspecified atom stereocenters. The number of hydrogen-bond donors (Lipinski definition) is 1. The first-order valence-electron chi connectivity index (χ1n) is 7.57. The van der Waals surface area contributed by atoms with Crippen LogP contribution in [0.1, 0.15) is 35.9 Å². The van der Waals surface area contributed by atoms with Gasteiger partial charge in [-0.25, -0.2) is 9.97 Å². The predicted molar refractivity (Wildman–Crippen MR) is 88.7 cm³/mol. The number of amides is 1. The van der Waals surface area contributed by atoms with Gasteiger partial charge in [-0.1, -0.05) is 13.0 Å². The Morgan fingerprint density at radius 1 is 1.32 bits per heavy atom. The molecule has 2 aromatic heterocycles. The van der Waals surface area contributed by atoms with Crippen LogP contribution in [-0.2, 0) is 0 Å². The number of likely N-dealkylation sites (tertiary alicyclic amines) is 1. The highest BCUT2D eigenvalue weighted by molar-refractivity contribution is 7.14. The first-order chi connectivity index (χ1) is 10.6. The van der Waals surface area contributed by atoms with E-state index >= 15 is 0 Å². The first-order valence-corrected chi connectivity index (χ1v) is 8.45. The Morgan fingerprint density at radius 2 is 2.09 bits per heavy atom. The number of anilines is 2. The molecule has 6 heteroatoms. The Kier molecular flexibility index (Phi) is 4.38. The molecule has 0 radical (unpaired) electrons. The van der Waals surface area contributed by atoms with Gasteiger partial charge in [-0.2, -0.15) is 0 Å². The molecule has 116 valence electrons. The molecular formula is C16H20N4OS. The maximum atomic E-state index is 12.5. The molecule has 0 aliphatic carbocycles. The lowest BCUT2D eigenvalue weighted by Crippen LogP contribution is -2.38. The first kappa shape index (κ1) is 15.0. The number of carbonyl (C=O) groups is 1. The Hall–Kier alpha value is -1.95. The minimum absolute atomic E-state index is 0.0356. The normalized spacial score (nSPS) is 15.8. The zero-order valence-corrected chi connectivity index (χ0v) is 13.7. The molecule has 22 heavy (non-hydrogen) atoms. The molecule has 3 rings (SSSR count). The molecule has 1 saturated heterocycles. The van der Waals surface area contributed by atoms with Gasteiger partial charge in [0.1, 0.15) is 11.5 Å². The number of aromatic nitrogens is 2. The summed E-state index contributed by atoms with van der Waals surface area (Å²) in [6.07, 6.45) is 2.16. The van der Waals surface area contributed by atoms with Gasteiger partial charge in [-0.05, 0) is 37.8 Å². The molecule has 0 atom stereocenters. The molecule has 1 aliphatic rings. The van der Waals surface area contributed by atoms with E-state index in [-0.39, 0.29) is 5.91 Å². The van der Waals surface area contributed by atoms with Crippen molar-refractivity contribution in [2.75, 3.05) is 18.4 Å². The fourth-order valence-corrected chi connectivity index (χ4v) is 3.22. The average Bonchev–Trinajstić information content (AvgIpc) is 2.96. The summed E-state index contributed by atoms with van der Waals surface area (Å²) in [4.78, 5) is 23.1. The second-order valence-corrected chi connectivity index (χ2v) is 6.66. The van der Waals surface area contributed by atoms with E-state index in [1.807, 2.05) is 35.4 Å². The van der Waals surface area contributed by atoms with Crippen LogP contribution in [0.4, 0.5) is 10.9 Å². The second-order valence-electron chi connectivity index (χ2n) is 5.80. The van der Waals surface area contributed by atoms with E-state index in [9.17, 15) is 4.79 Å². The molecule has 2 aromatic rings. The number of piperidine rings is 1. The molecule has 5 nitrogen and oxygen atoms in total. The quantitative estimate of drug-likeness (QED) is 0.942. The number of carbonyl (C=O) groups excluding carboxylic acids is 1. The predicted octanol–water partition coefficient (Wildman–Crippen LogP) is 3.46. The molecule has 0 aromatic carbocycles. The molecule has 0 spiro atoms. The number of thiazole rings is 1. The minimum Gasteiger partial charge on any atom is -0.337 e. The highest BCUT2D eigenvalue weighted by Crippen LogP contribution is 2.23. The molecule has 1 amide bonds. The van der Waals surface area contributed by atoms with E-state index in [1.54, 1.807) is 0 Å². The van der Waals surface area contributed by atoms with Crippen LogP contribution >= 0.6 is 11.3 Å². The lowest BCUT2D eigenvalue weighted by Gasteiger charge is -2.29. The SMILES string of the molecule is Cc1cccc(Nc2nc(C(=O)N3CCC(C)CC3)cs2)n1. The van der Waals surface area contributed by atoms with Crippen molar-refractivity contribution in [3.05, 3.63) is 35.0 Å². The summed E-state index contributed by atoms with van der Waals surface area (Å²) in [7, 11) is 0. The van der Waals surface area contributed by atoms with Gasteiger partial charge in [0.15, 0.2) is 5.13 Å². The van der Waals surface area contributed by atoms with Crippen LogP contribution in [0, 0.1) is 12.8 Å². The third kappa shape index (κ3) is 3.44. The second kappa shape index (κ2) is 6.44. The van der Waals surface area contributed by atoms with E-state index in [1.165, 1.54) is 11.3 Å². The molecule has 3 heterocycles. The number of nitrogens with zero attached hydrogens (tertiary/aromatic N) is 3. The zero-order chi connectivity index (χ0) is 15.5. The van der Waals surface area contributed by atoms with Crippen molar-refractivity contribution in [3.63, 3.8) is 0 Å². The topological polar surface area (TPSA) is 58.1 Å². The summed E-state index contributed by atoms with van der Waals surface area (Å²) in [6.45, 7) is 5.85. The number of pyridine rings is 1. The van der Waals surface area contributed by atoms with Crippen molar-refractivity contribution in [1.29, 1.82) is 0 Å². The monoisotopic (exact) mass is 316 g/mol. The summed E-state index contributed by atoms with van der Waals surface area (Å²) in [5, 5.41) is 5.67. The molecule has 0 saturated carbocycles. The van der Waals surface area contributed by atoms with Gasteiger partial charge in [0.2, 0.25) is 0 Å². The van der Waals surface area contributed by atoms with Crippen LogP contribution in [0.2, 0.25) is 0 Å². The van der Waals surface area contributed by atoms with Crippen LogP contribution in [-0.4, -0.2) is 33.9 Å². The Balaban J connectivity index is 1.67. The Morgan fingerprint density at radius 3 is 2.82 bits per heavy atom. The van der Waals surface area contributed by atoms with Crippen LogP contribution in [0.15, 0.2) is 23.6 Å². The smallest absolute Gasteiger partial charge is 0.273 e. The van der Waals surface area contributed by atoms with Crippen molar-refractivity contribution in [2.24, 2.45) is 5.92 Å². The summed E-state index contributed by atoms with van der Waals surface area (Å²) in [5.74, 6) is 1.50. The summed E-state index contributed by atoms with van der Waals surface area (Å²) in [6, 6.07) is 5.78. The maximum Gasteiger partial charge on any atom is 0.273 e.